The largest absolute Gasteiger partial charge is 0.497 e. The molecule has 3 rings (SSSR count). The molecule has 1 aromatic heterocycles. The van der Waals surface area contributed by atoms with E-state index in [4.69, 9.17) is 13.9 Å². The third kappa shape index (κ3) is 6.10. The average molecular weight is 429 g/mol. The quantitative estimate of drug-likeness (QED) is 0.577. The molecule has 1 fully saturated rings. The van der Waals surface area contributed by atoms with Crippen LogP contribution in [0.15, 0.2) is 47.1 Å². The number of carbonyl (C=O) groups excluding carboxylic acids is 2. The molecule has 0 bridgehead atoms. The fraction of sp³-hybridized carbons (Fsp3) is 0.500. The van der Waals surface area contributed by atoms with E-state index < -0.39 is 0 Å². The van der Waals surface area contributed by atoms with Gasteiger partial charge >= 0.3 is 0 Å². The van der Waals surface area contributed by atoms with Crippen molar-refractivity contribution in [2.75, 3.05) is 26.8 Å². The fourth-order valence-electron chi connectivity index (χ4n) is 3.67. The number of benzene rings is 1. The first-order valence-corrected chi connectivity index (χ1v) is 10.9. The van der Waals surface area contributed by atoms with E-state index in [-0.39, 0.29) is 30.5 Å². The van der Waals surface area contributed by atoms with E-state index >= 15 is 0 Å². The lowest BCUT2D eigenvalue weighted by molar-refractivity contribution is -0.134. The van der Waals surface area contributed by atoms with Crippen molar-refractivity contribution in [3.05, 3.63) is 54.0 Å². The number of ether oxygens (including phenoxy) is 2. The van der Waals surface area contributed by atoms with Crippen molar-refractivity contribution >= 4 is 11.8 Å². The minimum absolute atomic E-state index is 0.00724. The Morgan fingerprint density at radius 1 is 1.23 bits per heavy atom. The lowest BCUT2D eigenvalue weighted by Gasteiger charge is -2.32. The van der Waals surface area contributed by atoms with E-state index in [0.29, 0.717) is 30.2 Å². The van der Waals surface area contributed by atoms with Crippen LogP contribution in [0.25, 0.3) is 0 Å². The monoisotopic (exact) mass is 428 g/mol. The van der Waals surface area contributed by atoms with Gasteiger partial charge < -0.3 is 23.7 Å². The normalized spacial score (nSPS) is 16.7. The van der Waals surface area contributed by atoms with Gasteiger partial charge in [0.15, 0.2) is 0 Å². The Hall–Kier alpha value is -2.80. The maximum absolute atomic E-state index is 13.3. The zero-order valence-electron chi connectivity index (χ0n) is 18.6. The summed E-state index contributed by atoms with van der Waals surface area (Å²) in [5, 5.41) is 0. The summed E-state index contributed by atoms with van der Waals surface area (Å²) in [7, 11) is 1.59. The van der Waals surface area contributed by atoms with Crippen LogP contribution in [0.4, 0.5) is 0 Å². The predicted molar refractivity (Wildman–Crippen MR) is 117 cm³/mol. The summed E-state index contributed by atoms with van der Waals surface area (Å²) in [5.74, 6) is 1.11. The molecule has 2 heterocycles. The van der Waals surface area contributed by atoms with Gasteiger partial charge in [-0.2, -0.15) is 0 Å². The molecule has 0 saturated carbocycles. The molecule has 1 aliphatic rings. The average Bonchev–Trinajstić information content (AvgIpc) is 3.50. The van der Waals surface area contributed by atoms with Gasteiger partial charge in [0.05, 0.1) is 26.0 Å². The smallest absolute Gasteiger partial charge is 0.254 e. The van der Waals surface area contributed by atoms with Gasteiger partial charge in [-0.1, -0.05) is 6.92 Å². The van der Waals surface area contributed by atoms with Crippen molar-refractivity contribution < 1.29 is 23.5 Å². The molecule has 1 saturated heterocycles. The summed E-state index contributed by atoms with van der Waals surface area (Å²) in [6, 6.07) is 10.6. The second-order valence-corrected chi connectivity index (χ2v) is 7.91. The third-order valence-corrected chi connectivity index (χ3v) is 5.75. The van der Waals surface area contributed by atoms with Crippen LogP contribution in [0.5, 0.6) is 5.75 Å². The van der Waals surface area contributed by atoms with Gasteiger partial charge in [-0.3, -0.25) is 9.59 Å². The highest BCUT2D eigenvalue weighted by molar-refractivity contribution is 5.96. The molecule has 7 nitrogen and oxygen atoms in total. The second kappa shape index (κ2) is 11.0. The molecule has 0 N–H and O–H groups in total. The van der Waals surface area contributed by atoms with Crippen LogP contribution in [0.2, 0.25) is 0 Å². The molecule has 2 atom stereocenters. The molecule has 7 heteroatoms. The molecule has 31 heavy (non-hydrogen) atoms. The number of hydrogen-bond acceptors (Lipinski definition) is 5. The number of methoxy groups -OCH3 is 1. The summed E-state index contributed by atoms with van der Waals surface area (Å²) in [5.41, 5.74) is 0.533. The van der Waals surface area contributed by atoms with E-state index in [1.165, 1.54) is 0 Å². The van der Waals surface area contributed by atoms with Crippen LogP contribution in [0.3, 0.4) is 0 Å². The van der Waals surface area contributed by atoms with Gasteiger partial charge in [0.1, 0.15) is 18.1 Å². The van der Waals surface area contributed by atoms with Crippen LogP contribution < -0.4 is 4.74 Å². The Balaban J connectivity index is 1.75. The maximum atomic E-state index is 13.3. The van der Waals surface area contributed by atoms with Gasteiger partial charge in [0.25, 0.3) is 5.91 Å². The summed E-state index contributed by atoms with van der Waals surface area (Å²) < 4.78 is 16.4. The van der Waals surface area contributed by atoms with Gasteiger partial charge in [-0.15, -0.1) is 0 Å². The molecule has 2 aromatic rings. The number of carbonyl (C=O) groups is 2. The molecular formula is C24H32N2O5. The molecule has 0 unspecified atom stereocenters. The van der Waals surface area contributed by atoms with Crippen molar-refractivity contribution in [1.82, 2.24) is 9.80 Å². The molecule has 0 radical (unpaired) electrons. The summed E-state index contributed by atoms with van der Waals surface area (Å²) in [4.78, 5) is 30.0. The van der Waals surface area contributed by atoms with Gasteiger partial charge in [0, 0.05) is 24.8 Å². The first-order chi connectivity index (χ1) is 15.0. The Bertz CT molecular complexity index is 828. The lowest BCUT2D eigenvalue weighted by Crippen LogP contribution is -2.47. The number of nitrogens with zero attached hydrogens (tertiary/aromatic N) is 2. The molecule has 168 valence electrons. The number of amides is 2. The minimum Gasteiger partial charge on any atom is -0.497 e. The van der Waals surface area contributed by atoms with Crippen molar-refractivity contribution in [2.45, 2.75) is 51.8 Å². The van der Waals surface area contributed by atoms with Crippen molar-refractivity contribution in [1.29, 1.82) is 0 Å². The Morgan fingerprint density at radius 2 is 2.00 bits per heavy atom. The number of rotatable bonds is 10. The minimum atomic E-state index is -0.166. The lowest BCUT2D eigenvalue weighted by atomic mass is 10.1. The molecule has 0 spiro atoms. The third-order valence-electron chi connectivity index (χ3n) is 5.75. The van der Waals surface area contributed by atoms with Crippen LogP contribution in [-0.4, -0.2) is 60.6 Å². The topological polar surface area (TPSA) is 72.2 Å². The highest BCUT2D eigenvalue weighted by Crippen LogP contribution is 2.18. The summed E-state index contributed by atoms with van der Waals surface area (Å²) in [6.07, 6.45) is 4.31. The molecule has 1 aliphatic heterocycles. The number of furan rings is 1. The number of hydrogen-bond donors (Lipinski definition) is 0. The zero-order chi connectivity index (χ0) is 22.2. The van der Waals surface area contributed by atoms with Crippen LogP contribution in [-0.2, 0) is 16.1 Å². The van der Waals surface area contributed by atoms with Gasteiger partial charge in [-0.05, 0) is 62.6 Å². The SMILES string of the molecule is CC[C@@H](C)N(CC(=O)N(Cc1ccco1)C[C@@H]1CCCO1)C(=O)c1ccc(OC)cc1. The molecule has 1 aromatic carbocycles. The standard InChI is InChI=1S/C24H32N2O5/c1-4-18(2)26(24(28)19-9-11-20(29-3)12-10-19)17-23(27)25(15-21-7-5-13-30-21)16-22-8-6-14-31-22/h5,7,9-13,18,22H,4,6,8,14-17H2,1-3H3/t18-,22+/m1/s1. The van der Waals surface area contributed by atoms with E-state index in [0.717, 1.165) is 25.9 Å². The van der Waals surface area contributed by atoms with Crippen molar-refractivity contribution in [2.24, 2.45) is 0 Å². The fourth-order valence-corrected chi connectivity index (χ4v) is 3.67. The van der Waals surface area contributed by atoms with Crippen LogP contribution in [0.1, 0.15) is 49.2 Å². The van der Waals surface area contributed by atoms with Crippen molar-refractivity contribution in [3.63, 3.8) is 0 Å². The Kier molecular flexibility index (Phi) is 8.12. The summed E-state index contributed by atoms with van der Waals surface area (Å²) >= 11 is 0. The first kappa shape index (κ1) is 22.9. The molecule has 0 aliphatic carbocycles. The first-order valence-electron chi connectivity index (χ1n) is 10.9. The second-order valence-electron chi connectivity index (χ2n) is 7.91. The predicted octanol–water partition coefficient (Wildman–Crippen LogP) is 3.74. The molecular weight excluding hydrogens is 396 g/mol. The maximum Gasteiger partial charge on any atom is 0.254 e. The van der Waals surface area contributed by atoms with Gasteiger partial charge in [0.2, 0.25) is 5.91 Å². The zero-order valence-corrected chi connectivity index (χ0v) is 18.6. The molecule has 2 amide bonds. The van der Waals surface area contributed by atoms with Crippen LogP contribution >= 0.6 is 0 Å². The van der Waals surface area contributed by atoms with Crippen molar-refractivity contribution in [3.8, 4) is 5.75 Å². The van der Waals surface area contributed by atoms with E-state index in [1.807, 2.05) is 26.0 Å². The van der Waals surface area contributed by atoms with E-state index in [9.17, 15) is 9.59 Å². The Morgan fingerprint density at radius 3 is 2.58 bits per heavy atom. The van der Waals surface area contributed by atoms with E-state index in [1.54, 1.807) is 47.4 Å². The highest BCUT2D eigenvalue weighted by atomic mass is 16.5. The highest BCUT2D eigenvalue weighted by Gasteiger charge is 2.28. The van der Waals surface area contributed by atoms with Crippen LogP contribution in [0, 0.1) is 0 Å². The summed E-state index contributed by atoms with van der Waals surface area (Å²) in [6.45, 7) is 5.55. The Labute approximate surface area is 183 Å². The van der Waals surface area contributed by atoms with Gasteiger partial charge in [-0.25, -0.2) is 0 Å². The van der Waals surface area contributed by atoms with E-state index in [2.05, 4.69) is 0 Å².